The molecule has 0 saturated heterocycles. The number of carbonyl (C=O) groups is 2. The van der Waals surface area contributed by atoms with Gasteiger partial charge in [-0.15, -0.1) is 0 Å². The number of aromatic nitrogens is 2. The molecule has 1 aromatic heterocycles. The Balaban J connectivity index is 1.01. The van der Waals surface area contributed by atoms with Crippen LogP contribution in [0.4, 0.5) is 17.1 Å². The summed E-state index contributed by atoms with van der Waals surface area (Å²) in [6.07, 6.45) is 3.28. The van der Waals surface area contributed by atoms with Gasteiger partial charge in [0.1, 0.15) is 34.8 Å². The number of hydrogen-bond donors (Lipinski definition) is 4. The molecule has 4 aromatic rings. The molecule has 3 aliphatic rings. The molecule has 0 bridgehead atoms. The number of nitrogen functional groups attached to an aromatic ring is 1. The lowest BCUT2D eigenvalue weighted by molar-refractivity contribution is 0.0931. The van der Waals surface area contributed by atoms with E-state index in [0.29, 0.717) is 54.7 Å². The molecule has 0 saturated carbocycles. The quantitative estimate of drug-likeness (QED) is 0.220. The fraction of sp³-hybridized carbons (Fsp3) is 0.219. The summed E-state index contributed by atoms with van der Waals surface area (Å²) < 4.78 is 5.82. The molecule has 3 aromatic carbocycles. The average Bonchev–Trinajstić information content (AvgIpc) is 3.64. The Morgan fingerprint density at radius 1 is 1.07 bits per heavy atom. The highest BCUT2D eigenvalue weighted by Crippen LogP contribution is 2.37. The Hall–Kier alpha value is -6.05. The first-order valence-electron chi connectivity index (χ1n) is 14.6. The first kappa shape index (κ1) is 28.7. The van der Waals surface area contributed by atoms with Gasteiger partial charge in [-0.05, 0) is 60.7 Å². The summed E-state index contributed by atoms with van der Waals surface area (Å²) >= 11 is 0. The van der Waals surface area contributed by atoms with Crippen molar-refractivity contribution in [1.82, 2.24) is 26.1 Å². The molecule has 14 nitrogen and oxygen atoms in total. The minimum Gasteiger partial charge on any atom is -0.491 e. The van der Waals surface area contributed by atoms with Gasteiger partial charge in [-0.2, -0.15) is 4.99 Å². The van der Waals surface area contributed by atoms with Gasteiger partial charge in [0.2, 0.25) is 5.88 Å². The zero-order valence-corrected chi connectivity index (χ0v) is 24.5. The van der Waals surface area contributed by atoms with Gasteiger partial charge < -0.3 is 30.8 Å². The molecule has 0 radical (unpaired) electrons. The van der Waals surface area contributed by atoms with E-state index in [-0.39, 0.29) is 35.3 Å². The van der Waals surface area contributed by atoms with E-state index in [1.165, 1.54) is 12.4 Å². The summed E-state index contributed by atoms with van der Waals surface area (Å²) in [6.45, 7) is 4.67. The molecule has 5 N–H and O–H groups in total. The third-order valence-electron chi connectivity index (χ3n) is 8.18. The summed E-state index contributed by atoms with van der Waals surface area (Å²) in [4.78, 5) is 69.4. The number of nitrogens with one attached hydrogen (secondary N) is 3. The lowest BCUT2D eigenvalue weighted by Crippen LogP contribution is -2.41. The lowest BCUT2D eigenvalue weighted by atomic mass is 10.0. The number of amidine groups is 1. The third kappa shape index (κ3) is 5.19. The van der Waals surface area contributed by atoms with Crippen LogP contribution >= 0.6 is 0 Å². The second-order valence-corrected chi connectivity index (χ2v) is 11.1. The molecular formula is C32H28N8O6. The maximum absolute atomic E-state index is 13.2. The average molecular weight is 621 g/mol. The van der Waals surface area contributed by atoms with Crippen LogP contribution in [0.3, 0.4) is 0 Å². The zero-order valence-electron chi connectivity index (χ0n) is 24.5. The van der Waals surface area contributed by atoms with Crippen molar-refractivity contribution in [1.29, 1.82) is 0 Å². The summed E-state index contributed by atoms with van der Waals surface area (Å²) in [5.41, 5.74) is 11.7. The van der Waals surface area contributed by atoms with Gasteiger partial charge in [-0.25, -0.2) is 15.4 Å². The molecule has 14 heteroatoms. The normalized spacial score (nSPS) is 16.8. The number of anilines is 3. The smallest absolute Gasteiger partial charge is 0.270 e. The van der Waals surface area contributed by atoms with Crippen molar-refractivity contribution in [3.8, 4) is 5.75 Å². The predicted octanol–water partition coefficient (Wildman–Crippen LogP) is 1.68. The zero-order chi connectivity index (χ0) is 31.9. The topological polar surface area (TPSA) is 190 Å². The molecule has 232 valence electrons. The van der Waals surface area contributed by atoms with Crippen LogP contribution in [0.25, 0.3) is 0 Å². The SMILES string of the molecule is C=C1N=C(c2ccc3c(c2)CC[C@@H]3NC(=O)c2cc(C(=O)NCc3ccc4c(c3)N(c3c(N)c(=O)c3=O)CCCO4)ncn2)NO1. The second kappa shape index (κ2) is 11.5. The predicted molar refractivity (Wildman–Crippen MR) is 167 cm³/mol. The molecule has 3 heterocycles. The van der Waals surface area contributed by atoms with Crippen molar-refractivity contribution in [2.75, 3.05) is 23.8 Å². The van der Waals surface area contributed by atoms with Crippen molar-refractivity contribution in [2.24, 2.45) is 4.99 Å². The van der Waals surface area contributed by atoms with Crippen molar-refractivity contribution >= 4 is 34.7 Å². The van der Waals surface area contributed by atoms with Crippen LogP contribution in [0, 0.1) is 0 Å². The van der Waals surface area contributed by atoms with E-state index in [4.69, 9.17) is 15.3 Å². The van der Waals surface area contributed by atoms with Gasteiger partial charge in [0.15, 0.2) is 5.84 Å². The largest absolute Gasteiger partial charge is 0.491 e. The van der Waals surface area contributed by atoms with E-state index in [9.17, 15) is 19.2 Å². The standard InChI is InChI=1S/C32H28N8O6/c1-16-37-30(39-46-16)19-4-6-20-18(12-19)5-7-21(20)38-32(44)23-13-22(35-15-36-23)31(43)34-14-17-3-8-25-24(11-17)40(9-2-10-45-25)27-26(33)28(41)29(27)42/h3-4,6,8,11-13,15,21H,1-2,5,7,9-10,14,33H2,(H,34,43)(H,37,39)(H,38,44)/t21-/m0/s1. The Kier molecular flexibility index (Phi) is 7.15. The van der Waals surface area contributed by atoms with Gasteiger partial charge in [-0.1, -0.05) is 18.2 Å². The van der Waals surface area contributed by atoms with Gasteiger partial charge in [0.25, 0.3) is 22.7 Å². The van der Waals surface area contributed by atoms with Crippen LogP contribution in [0.2, 0.25) is 0 Å². The summed E-state index contributed by atoms with van der Waals surface area (Å²) in [5, 5.41) is 5.83. The number of aliphatic imine (C=N–C) groups is 1. The molecule has 0 fully saturated rings. The van der Waals surface area contributed by atoms with E-state index in [1.807, 2.05) is 18.2 Å². The summed E-state index contributed by atoms with van der Waals surface area (Å²) in [6, 6.07) is 12.3. The fourth-order valence-electron chi connectivity index (χ4n) is 5.86. The second-order valence-electron chi connectivity index (χ2n) is 11.1. The minimum atomic E-state index is -0.694. The van der Waals surface area contributed by atoms with Crippen molar-refractivity contribution in [2.45, 2.75) is 31.8 Å². The van der Waals surface area contributed by atoms with Crippen LogP contribution < -0.4 is 42.3 Å². The van der Waals surface area contributed by atoms with Gasteiger partial charge >= 0.3 is 0 Å². The molecular weight excluding hydrogens is 592 g/mol. The first-order valence-corrected chi connectivity index (χ1v) is 14.6. The molecule has 1 aliphatic carbocycles. The van der Waals surface area contributed by atoms with Gasteiger partial charge in [0.05, 0.1) is 18.3 Å². The molecule has 0 unspecified atom stereocenters. The summed E-state index contributed by atoms with van der Waals surface area (Å²) in [7, 11) is 0. The van der Waals surface area contributed by atoms with E-state index in [2.05, 4.69) is 37.7 Å². The molecule has 46 heavy (non-hydrogen) atoms. The molecule has 2 aliphatic heterocycles. The molecule has 1 atom stereocenters. The van der Waals surface area contributed by atoms with Crippen LogP contribution in [-0.4, -0.2) is 40.8 Å². The Morgan fingerprint density at radius 2 is 1.89 bits per heavy atom. The van der Waals surface area contributed by atoms with Crippen LogP contribution in [-0.2, 0) is 17.8 Å². The number of benzene rings is 2. The van der Waals surface area contributed by atoms with Gasteiger partial charge in [0, 0.05) is 24.7 Å². The maximum Gasteiger partial charge on any atom is 0.270 e. The lowest BCUT2D eigenvalue weighted by Gasteiger charge is -2.26. The van der Waals surface area contributed by atoms with Crippen LogP contribution in [0.15, 0.2) is 75.8 Å². The van der Waals surface area contributed by atoms with Crippen LogP contribution in [0.5, 0.6) is 5.75 Å². The number of ether oxygens (including phenoxy) is 1. The number of fused-ring (bicyclic) bond motifs is 2. The number of hydrogen-bond acceptors (Lipinski definition) is 12. The van der Waals surface area contributed by atoms with Gasteiger partial charge in [-0.3, -0.25) is 19.2 Å². The minimum absolute atomic E-state index is 0.0292. The maximum atomic E-state index is 13.2. The fourth-order valence-corrected chi connectivity index (χ4v) is 5.86. The number of carbonyl (C=O) groups excluding carboxylic acids is 2. The Morgan fingerprint density at radius 3 is 2.67 bits per heavy atom. The van der Waals surface area contributed by atoms with Crippen molar-refractivity contribution in [3.63, 3.8) is 0 Å². The van der Waals surface area contributed by atoms with Crippen molar-refractivity contribution < 1.29 is 19.2 Å². The number of aryl methyl sites for hydroxylation is 1. The number of nitrogens with two attached hydrogens (primary N) is 1. The Labute approximate surface area is 261 Å². The monoisotopic (exact) mass is 620 g/mol. The highest BCUT2D eigenvalue weighted by molar-refractivity contribution is 6.00. The first-order chi connectivity index (χ1) is 22.3. The van der Waals surface area contributed by atoms with E-state index in [0.717, 1.165) is 23.1 Å². The molecule has 7 rings (SSSR count). The third-order valence-corrected chi connectivity index (χ3v) is 8.18. The highest BCUT2D eigenvalue weighted by atomic mass is 16.7. The highest BCUT2D eigenvalue weighted by Gasteiger charge is 2.29. The Bertz CT molecular complexity index is 2030. The van der Waals surface area contributed by atoms with E-state index >= 15 is 0 Å². The number of amides is 2. The summed E-state index contributed by atoms with van der Waals surface area (Å²) in [5.74, 6) is 0.489. The van der Waals surface area contributed by atoms with E-state index < -0.39 is 22.7 Å². The number of hydroxylamine groups is 1. The number of rotatable bonds is 7. The van der Waals surface area contributed by atoms with Crippen LogP contribution in [0.1, 0.15) is 62.1 Å². The van der Waals surface area contributed by atoms with Crippen molar-refractivity contribution in [3.05, 3.63) is 115 Å². The van der Waals surface area contributed by atoms with E-state index in [1.54, 1.807) is 23.1 Å². The number of nitrogens with zero attached hydrogens (tertiary/aromatic N) is 4. The molecule has 2 amide bonds. The molecule has 0 spiro atoms.